The Kier molecular flexibility index (Phi) is 3.31. The third kappa shape index (κ3) is 2.46. The third-order valence-electron chi connectivity index (χ3n) is 3.80. The van der Waals surface area contributed by atoms with Gasteiger partial charge in [-0.15, -0.1) is 0 Å². The van der Waals surface area contributed by atoms with Gasteiger partial charge < -0.3 is 20.5 Å². The third-order valence-corrected chi connectivity index (χ3v) is 3.80. The van der Waals surface area contributed by atoms with E-state index in [1.165, 1.54) is 12.1 Å². The lowest BCUT2D eigenvalue weighted by atomic mass is 9.86. The quantitative estimate of drug-likeness (QED) is 0.725. The molecule has 0 spiro atoms. The molecule has 3 rings (SSSR count). The predicted molar refractivity (Wildman–Crippen MR) is 72.2 cm³/mol. The molecule has 106 valence electrons. The molecule has 6 nitrogen and oxygen atoms in total. The van der Waals surface area contributed by atoms with Gasteiger partial charge in [0, 0.05) is 17.5 Å². The van der Waals surface area contributed by atoms with E-state index in [0.717, 1.165) is 25.7 Å². The highest BCUT2D eigenvalue weighted by Crippen LogP contribution is 2.33. The predicted octanol–water partition coefficient (Wildman–Crippen LogP) is 2.13. The molecule has 0 radical (unpaired) electrons. The largest absolute Gasteiger partial charge is 0.504 e. The van der Waals surface area contributed by atoms with Crippen molar-refractivity contribution in [2.75, 3.05) is 0 Å². The second-order valence-corrected chi connectivity index (χ2v) is 5.27. The van der Waals surface area contributed by atoms with Crippen molar-refractivity contribution in [3.63, 3.8) is 0 Å². The van der Waals surface area contributed by atoms with Gasteiger partial charge in [0.25, 0.3) is 0 Å². The standard InChI is InChI=1S/C14H17N3O3/c15-10-4-1-8(2-5-10)14-16-13(17-20-14)9-3-6-11(18)12(19)7-9/h3,6-8,10,18-19H,1-2,4-5,15H2. The number of phenols is 2. The van der Waals surface area contributed by atoms with Gasteiger partial charge in [0.05, 0.1) is 0 Å². The highest BCUT2D eigenvalue weighted by Gasteiger charge is 2.25. The number of hydrogen-bond acceptors (Lipinski definition) is 6. The number of rotatable bonds is 2. The summed E-state index contributed by atoms with van der Waals surface area (Å²) in [5.41, 5.74) is 6.50. The first-order valence-electron chi connectivity index (χ1n) is 6.75. The fourth-order valence-electron chi connectivity index (χ4n) is 2.55. The maximum atomic E-state index is 9.50. The first-order valence-corrected chi connectivity index (χ1v) is 6.75. The SMILES string of the molecule is NC1CCC(c2nc(-c3ccc(O)c(O)c3)no2)CC1. The van der Waals surface area contributed by atoms with E-state index in [9.17, 15) is 10.2 Å². The zero-order valence-corrected chi connectivity index (χ0v) is 11.0. The summed E-state index contributed by atoms with van der Waals surface area (Å²) in [6.45, 7) is 0. The van der Waals surface area contributed by atoms with E-state index < -0.39 is 0 Å². The van der Waals surface area contributed by atoms with Gasteiger partial charge >= 0.3 is 0 Å². The van der Waals surface area contributed by atoms with E-state index in [4.69, 9.17) is 10.3 Å². The minimum absolute atomic E-state index is 0.168. The molecule has 1 aromatic heterocycles. The fourth-order valence-corrected chi connectivity index (χ4v) is 2.55. The monoisotopic (exact) mass is 275 g/mol. The Labute approximate surface area is 116 Å². The van der Waals surface area contributed by atoms with Crippen LogP contribution >= 0.6 is 0 Å². The maximum absolute atomic E-state index is 9.50. The Hall–Kier alpha value is -2.08. The molecule has 4 N–H and O–H groups in total. The summed E-state index contributed by atoms with van der Waals surface area (Å²) >= 11 is 0. The topological polar surface area (TPSA) is 105 Å². The van der Waals surface area contributed by atoms with Gasteiger partial charge in [-0.3, -0.25) is 0 Å². The summed E-state index contributed by atoms with van der Waals surface area (Å²) in [4.78, 5) is 4.39. The molecule has 1 aromatic carbocycles. The van der Waals surface area contributed by atoms with Crippen LogP contribution in [0.4, 0.5) is 0 Å². The van der Waals surface area contributed by atoms with E-state index in [2.05, 4.69) is 10.1 Å². The molecule has 6 heteroatoms. The van der Waals surface area contributed by atoms with Crippen molar-refractivity contribution in [3.8, 4) is 22.9 Å². The van der Waals surface area contributed by atoms with Crippen LogP contribution in [0.25, 0.3) is 11.4 Å². The molecule has 1 saturated carbocycles. The number of phenolic OH excluding ortho intramolecular Hbond substituents is 2. The van der Waals surface area contributed by atoms with Crippen LogP contribution in [0.5, 0.6) is 11.5 Å². The first kappa shape index (κ1) is 12.9. The van der Waals surface area contributed by atoms with Crippen LogP contribution in [0.3, 0.4) is 0 Å². The van der Waals surface area contributed by atoms with Crippen LogP contribution in [0.1, 0.15) is 37.5 Å². The van der Waals surface area contributed by atoms with E-state index in [0.29, 0.717) is 17.3 Å². The smallest absolute Gasteiger partial charge is 0.230 e. The summed E-state index contributed by atoms with van der Waals surface area (Å²) in [5, 5.41) is 22.7. The minimum Gasteiger partial charge on any atom is -0.504 e. The van der Waals surface area contributed by atoms with Gasteiger partial charge in [-0.1, -0.05) is 5.16 Å². The van der Waals surface area contributed by atoms with Crippen LogP contribution in [0, 0.1) is 0 Å². The lowest BCUT2D eigenvalue weighted by molar-refractivity contribution is 0.301. The van der Waals surface area contributed by atoms with Crippen molar-refractivity contribution in [2.45, 2.75) is 37.6 Å². The van der Waals surface area contributed by atoms with Crippen molar-refractivity contribution in [1.82, 2.24) is 10.1 Å². The van der Waals surface area contributed by atoms with Crippen LogP contribution < -0.4 is 5.73 Å². The van der Waals surface area contributed by atoms with E-state index in [1.54, 1.807) is 6.07 Å². The molecule has 1 aliphatic rings. The van der Waals surface area contributed by atoms with Gasteiger partial charge in [0.15, 0.2) is 11.5 Å². The van der Waals surface area contributed by atoms with Crippen molar-refractivity contribution >= 4 is 0 Å². The van der Waals surface area contributed by atoms with E-state index >= 15 is 0 Å². The number of aromatic nitrogens is 2. The molecule has 2 aromatic rings. The number of nitrogens with two attached hydrogens (primary N) is 1. The summed E-state index contributed by atoms with van der Waals surface area (Å²) in [6, 6.07) is 4.74. The molecule has 1 fully saturated rings. The molecule has 0 bridgehead atoms. The molecule has 1 aliphatic carbocycles. The van der Waals surface area contributed by atoms with Gasteiger partial charge in [-0.2, -0.15) is 4.98 Å². The summed E-state index contributed by atoms with van der Waals surface area (Å²) in [7, 11) is 0. The fraction of sp³-hybridized carbons (Fsp3) is 0.429. The Balaban J connectivity index is 1.81. The molecular formula is C14H17N3O3. The molecule has 0 amide bonds. The average molecular weight is 275 g/mol. The number of nitrogens with zero attached hydrogens (tertiary/aromatic N) is 2. The molecular weight excluding hydrogens is 258 g/mol. The van der Waals surface area contributed by atoms with Crippen LogP contribution in [0.15, 0.2) is 22.7 Å². The van der Waals surface area contributed by atoms with E-state index in [1.807, 2.05) is 0 Å². The van der Waals surface area contributed by atoms with Crippen LogP contribution in [0.2, 0.25) is 0 Å². The Morgan fingerprint density at radius 2 is 1.85 bits per heavy atom. The summed E-state index contributed by atoms with van der Waals surface area (Å²) < 4.78 is 5.32. The second-order valence-electron chi connectivity index (χ2n) is 5.27. The molecule has 1 heterocycles. The van der Waals surface area contributed by atoms with Crippen molar-refractivity contribution in [1.29, 1.82) is 0 Å². The Morgan fingerprint density at radius 1 is 1.10 bits per heavy atom. The summed E-state index contributed by atoms with van der Waals surface area (Å²) in [5.74, 6) is 0.947. The number of hydrogen-bond donors (Lipinski definition) is 3. The zero-order chi connectivity index (χ0) is 14.1. The van der Waals surface area contributed by atoms with Crippen LogP contribution in [-0.4, -0.2) is 26.4 Å². The maximum Gasteiger partial charge on any atom is 0.230 e. The lowest BCUT2D eigenvalue weighted by Gasteiger charge is -2.22. The summed E-state index contributed by atoms with van der Waals surface area (Å²) in [6.07, 6.45) is 3.87. The van der Waals surface area contributed by atoms with Crippen molar-refractivity contribution in [3.05, 3.63) is 24.1 Å². The Bertz CT molecular complexity index is 603. The normalized spacial score (nSPS) is 22.9. The highest BCUT2D eigenvalue weighted by molar-refractivity contribution is 5.59. The highest BCUT2D eigenvalue weighted by atomic mass is 16.5. The number of aromatic hydroxyl groups is 2. The lowest BCUT2D eigenvalue weighted by Crippen LogP contribution is -2.25. The second kappa shape index (κ2) is 5.13. The molecule has 0 atom stereocenters. The molecule has 20 heavy (non-hydrogen) atoms. The molecule has 0 aliphatic heterocycles. The van der Waals surface area contributed by atoms with Crippen molar-refractivity contribution in [2.24, 2.45) is 5.73 Å². The zero-order valence-electron chi connectivity index (χ0n) is 11.0. The van der Waals surface area contributed by atoms with E-state index in [-0.39, 0.29) is 23.5 Å². The Morgan fingerprint density at radius 3 is 2.55 bits per heavy atom. The molecule has 0 saturated heterocycles. The van der Waals surface area contributed by atoms with Gasteiger partial charge in [-0.05, 0) is 43.9 Å². The number of benzene rings is 1. The van der Waals surface area contributed by atoms with Gasteiger partial charge in [0.2, 0.25) is 11.7 Å². The average Bonchev–Trinajstić information content (AvgIpc) is 2.92. The van der Waals surface area contributed by atoms with Crippen LogP contribution in [-0.2, 0) is 0 Å². The van der Waals surface area contributed by atoms with Gasteiger partial charge in [-0.25, -0.2) is 0 Å². The molecule has 0 unspecified atom stereocenters. The van der Waals surface area contributed by atoms with Crippen molar-refractivity contribution < 1.29 is 14.7 Å². The minimum atomic E-state index is -0.197. The van der Waals surface area contributed by atoms with Gasteiger partial charge in [0.1, 0.15) is 0 Å². The first-order chi connectivity index (χ1) is 9.63.